The van der Waals surface area contributed by atoms with Gasteiger partial charge < -0.3 is 0 Å². The average Bonchev–Trinajstić information content (AvgIpc) is 1.46. The smallest absolute Gasteiger partial charge is 0.0866 e. The lowest BCUT2D eigenvalue weighted by atomic mass is 10.9. The summed E-state index contributed by atoms with van der Waals surface area (Å²) in [7, 11) is 0. The lowest BCUT2D eigenvalue weighted by molar-refractivity contribution is 0.527. The molecule has 0 aromatic carbocycles. The van der Waals surface area contributed by atoms with Crippen molar-refractivity contribution in [2.24, 2.45) is 0 Å². The first-order chi connectivity index (χ1) is 2.41. The SMILES string of the molecule is CC.CCF.F. The summed E-state index contributed by atoms with van der Waals surface area (Å²) in [4.78, 5) is 0. The second-order valence-corrected chi connectivity index (χ2v) is 0.267. The highest BCUT2D eigenvalue weighted by Crippen LogP contribution is 1.48. The third kappa shape index (κ3) is 1610. The Morgan fingerprint density at radius 1 is 1.33 bits per heavy atom. The molecule has 0 spiro atoms. The van der Waals surface area contributed by atoms with Crippen LogP contribution >= 0.6 is 0 Å². The number of hydrogen-bond acceptors (Lipinski definition) is 0. The van der Waals surface area contributed by atoms with Gasteiger partial charge in [0.1, 0.15) is 0 Å². The molecule has 0 aliphatic heterocycles. The van der Waals surface area contributed by atoms with Gasteiger partial charge in [0.25, 0.3) is 0 Å². The van der Waals surface area contributed by atoms with Gasteiger partial charge in [-0.3, -0.25) is 9.09 Å². The Morgan fingerprint density at radius 3 is 1.33 bits per heavy atom. The lowest BCUT2D eigenvalue weighted by Gasteiger charge is -1.45. The predicted octanol–water partition coefficient (Wildman–Crippen LogP) is 2.15. The molecule has 0 amide bonds. The molecule has 0 atom stereocenters. The van der Waals surface area contributed by atoms with E-state index in [0.717, 1.165) is 0 Å². The van der Waals surface area contributed by atoms with Gasteiger partial charge in [0.05, 0.1) is 6.67 Å². The molecule has 0 radical (unpaired) electrons. The summed E-state index contributed by atoms with van der Waals surface area (Å²) in [6.45, 7) is 5.21. The van der Waals surface area contributed by atoms with Crippen molar-refractivity contribution in [2.75, 3.05) is 6.67 Å². The van der Waals surface area contributed by atoms with Gasteiger partial charge in [-0.2, -0.15) is 0 Å². The predicted molar refractivity (Wildman–Crippen MR) is 25.5 cm³/mol. The number of rotatable bonds is 0. The molecule has 0 rings (SSSR count). The monoisotopic (exact) mass is 98.1 g/mol. The molecule has 0 bridgehead atoms. The van der Waals surface area contributed by atoms with Crippen LogP contribution in [0.1, 0.15) is 20.8 Å². The van der Waals surface area contributed by atoms with E-state index in [2.05, 4.69) is 0 Å². The van der Waals surface area contributed by atoms with E-state index >= 15 is 0 Å². The summed E-state index contributed by atoms with van der Waals surface area (Å²) in [5.41, 5.74) is 0. The molecule has 0 aromatic heterocycles. The molecule has 2 heteroatoms. The van der Waals surface area contributed by atoms with Gasteiger partial charge in [-0.15, -0.1) is 0 Å². The highest BCUT2D eigenvalue weighted by atomic mass is 19.1. The number of alkyl halides is 1. The van der Waals surface area contributed by atoms with E-state index in [1.807, 2.05) is 13.8 Å². The minimum absolute atomic E-state index is 0. The van der Waals surface area contributed by atoms with Crippen molar-refractivity contribution in [3.8, 4) is 0 Å². The molecule has 0 N–H and O–H groups in total. The van der Waals surface area contributed by atoms with Gasteiger partial charge in [-0.1, -0.05) is 13.8 Å². The third-order valence-electron chi connectivity index (χ3n) is 0. The quantitative estimate of drug-likeness (QED) is 0.435. The van der Waals surface area contributed by atoms with E-state index in [4.69, 9.17) is 0 Å². The minimum atomic E-state index is -0.250. The molecule has 0 heterocycles. The van der Waals surface area contributed by atoms with Gasteiger partial charge in [0.2, 0.25) is 0 Å². The molecular formula is C4H12F2. The zero-order valence-electron chi connectivity index (χ0n) is 4.49. The maximum atomic E-state index is 10.3. The Hall–Kier alpha value is -0.140. The Kier molecular flexibility index (Phi) is 276. The van der Waals surface area contributed by atoms with Crippen molar-refractivity contribution in [3.63, 3.8) is 0 Å². The summed E-state index contributed by atoms with van der Waals surface area (Å²) in [6.07, 6.45) is 0. The molecule has 0 aromatic rings. The van der Waals surface area contributed by atoms with Gasteiger partial charge in [0.15, 0.2) is 0 Å². The van der Waals surface area contributed by atoms with Gasteiger partial charge in [0, 0.05) is 0 Å². The van der Waals surface area contributed by atoms with Crippen molar-refractivity contribution >= 4 is 0 Å². The van der Waals surface area contributed by atoms with Crippen LogP contribution in [0.2, 0.25) is 0 Å². The molecule has 0 fully saturated rings. The standard InChI is InChI=1S/C2H5F.C2H6.FH/c1-2-3;1-2;/h2H2,1H3;1-2H3;1H. The van der Waals surface area contributed by atoms with Crippen molar-refractivity contribution in [1.82, 2.24) is 0 Å². The summed E-state index contributed by atoms with van der Waals surface area (Å²) in [5.74, 6) is 0. The summed E-state index contributed by atoms with van der Waals surface area (Å²) in [5, 5.41) is 0. The molecule has 0 aliphatic carbocycles. The third-order valence-corrected chi connectivity index (χ3v) is 0. The maximum Gasteiger partial charge on any atom is 0.0866 e. The lowest BCUT2D eigenvalue weighted by Crippen LogP contribution is -1.40. The zero-order valence-corrected chi connectivity index (χ0v) is 4.49. The van der Waals surface area contributed by atoms with Crippen LogP contribution in [0.3, 0.4) is 0 Å². The number of hydrogen-bond donors (Lipinski definition) is 0. The second-order valence-electron chi connectivity index (χ2n) is 0.267. The normalized spacial score (nSPS) is 4.00. The highest BCUT2D eigenvalue weighted by molar-refractivity contribution is 3.86. The Labute approximate surface area is 37.7 Å². The van der Waals surface area contributed by atoms with Crippen molar-refractivity contribution < 1.29 is 9.09 Å². The van der Waals surface area contributed by atoms with Crippen LogP contribution in [0.25, 0.3) is 0 Å². The summed E-state index contributed by atoms with van der Waals surface area (Å²) in [6, 6.07) is 0. The summed E-state index contributed by atoms with van der Waals surface area (Å²) >= 11 is 0. The largest absolute Gasteiger partial charge is 0.269 e. The van der Waals surface area contributed by atoms with E-state index < -0.39 is 0 Å². The van der Waals surface area contributed by atoms with Crippen LogP contribution in [0.4, 0.5) is 9.09 Å². The molecule has 0 saturated heterocycles. The average molecular weight is 98.1 g/mol. The fourth-order valence-corrected chi connectivity index (χ4v) is 0. The fourth-order valence-electron chi connectivity index (χ4n) is 0. The molecule has 0 aliphatic rings. The van der Waals surface area contributed by atoms with Gasteiger partial charge in [-0.25, -0.2) is 0 Å². The van der Waals surface area contributed by atoms with E-state index in [0.29, 0.717) is 0 Å². The van der Waals surface area contributed by atoms with Crippen LogP contribution in [0, 0.1) is 0 Å². The minimum Gasteiger partial charge on any atom is -0.269 e. The van der Waals surface area contributed by atoms with Crippen LogP contribution in [-0.2, 0) is 0 Å². The molecule has 0 nitrogen and oxygen atoms in total. The van der Waals surface area contributed by atoms with Crippen LogP contribution in [0.5, 0.6) is 0 Å². The maximum absolute atomic E-state index is 10.3. The Bertz CT molecular complexity index is 5.51. The topological polar surface area (TPSA) is 0 Å². The molecule has 0 saturated carbocycles. The first-order valence-electron chi connectivity index (χ1n) is 1.97. The van der Waals surface area contributed by atoms with Crippen molar-refractivity contribution in [1.29, 1.82) is 0 Å². The van der Waals surface area contributed by atoms with E-state index in [9.17, 15) is 4.39 Å². The van der Waals surface area contributed by atoms with Gasteiger partial charge >= 0.3 is 0 Å². The van der Waals surface area contributed by atoms with Crippen LogP contribution < -0.4 is 0 Å². The molecular weight excluding hydrogens is 86.0 g/mol. The van der Waals surface area contributed by atoms with Crippen molar-refractivity contribution in [3.05, 3.63) is 0 Å². The van der Waals surface area contributed by atoms with Crippen molar-refractivity contribution in [2.45, 2.75) is 20.8 Å². The fraction of sp³-hybridized carbons (Fsp3) is 1.00. The second kappa shape index (κ2) is 97.9. The molecule has 0 unspecified atom stereocenters. The molecule has 6 heavy (non-hydrogen) atoms. The van der Waals surface area contributed by atoms with E-state index in [-0.39, 0.29) is 11.4 Å². The Balaban J connectivity index is -0.0000000275. The van der Waals surface area contributed by atoms with Crippen LogP contribution in [-0.4, -0.2) is 6.67 Å². The number of halogens is 2. The first-order valence-corrected chi connectivity index (χ1v) is 1.97. The van der Waals surface area contributed by atoms with Crippen LogP contribution in [0.15, 0.2) is 0 Å². The zero-order chi connectivity index (χ0) is 4.71. The summed E-state index contributed by atoms with van der Waals surface area (Å²) < 4.78 is 10.3. The molecule has 42 valence electrons. The first kappa shape index (κ1) is 16.9. The van der Waals surface area contributed by atoms with E-state index in [1.54, 1.807) is 0 Å². The van der Waals surface area contributed by atoms with Gasteiger partial charge in [-0.05, 0) is 6.92 Å². The van der Waals surface area contributed by atoms with E-state index in [1.165, 1.54) is 6.92 Å². The highest BCUT2D eigenvalue weighted by Gasteiger charge is 1.39. The Morgan fingerprint density at radius 2 is 1.33 bits per heavy atom.